The Morgan fingerprint density at radius 1 is 1.16 bits per heavy atom. The van der Waals surface area contributed by atoms with Gasteiger partial charge in [0.1, 0.15) is 30.8 Å². The molecule has 25 heavy (non-hydrogen) atoms. The van der Waals surface area contributed by atoms with E-state index in [2.05, 4.69) is 5.32 Å². The molecule has 1 aromatic rings. The van der Waals surface area contributed by atoms with Gasteiger partial charge >= 0.3 is 0 Å². The second-order valence-electron chi connectivity index (χ2n) is 6.91. The van der Waals surface area contributed by atoms with E-state index in [9.17, 15) is 13.5 Å². The molecule has 0 bridgehead atoms. The zero-order chi connectivity index (χ0) is 18.3. The molecule has 6 nitrogen and oxygen atoms in total. The molecule has 1 fully saturated rings. The van der Waals surface area contributed by atoms with Crippen LogP contribution in [0.1, 0.15) is 26.7 Å². The number of hydrogen-bond donors (Lipinski definition) is 2. The zero-order valence-corrected chi connectivity index (χ0v) is 15.8. The van der Waals surface area contributed by atoms with Crippen LogP contribution >= 0.6 is 0 Å². The molecule has 0 saturated heterocycles. The quantitative estimate of drug-likeness (QED) is 0.581. The van der Waals surface area contributed by atoms with Crippen molar-refractivity contribution >= 4 is 9.84 Å². The fraction of sp³-hybridized carbons (Fsp3) is 0.667. The number of hydrogen-bond acceptors (Lipinski definition) is 6. The van der Waals surface area contributed by atoms with Crippen LogP contribution in [0.3, 0.4) is 0 Å². The third-order valence-corrected chi connectivity index (χ3v) is 5.65. The van der Waals surface area contributed by atoms with Crippen molar-refractivity contribution in [2.75, 3.05) is 31.3 Å². The first-order valence-electron chi connectivity index (χ1n) is 8.81. The van der Waals surface area contributed by atoms with E-state index in [4.69, 9.17) is 9.47 Å². The number of nitrogens with one attached hydrogen (secondary N) is 1. The minimum absolute atomic E-state index is 0.0524. The van der Waals surface area contributed by atoms with E-state index in [0.717, 1.165) is 12.8 Å². The lowest BCUT2D eigenvalue weighted by atomic mass is 10.3. The largest absolute Gasteiger partial charge is 0.493 e. The van der Waals surface area contributed by atoms with Crippen molar-refractivity contribution in [2.45, 2.75) is 38.8 Å². The normalized spacial score (nSPS) is 16.0. The molecular weight excluding hydrogens is 342 g/mol. The van der Waals surface area contributed by atoms with Gasteiger partial charge in [-0.3, -0.25) is 0 Å². The van der Waals surface area contributed by atoms with Gasteiger partial charge in [-0.05, 0) is 43.0 Å². The van der Waals surface area contributed by atoms with Crippen LogP contribution in [-0.2, 0) is 9.84 Å². The lowest BCUT2D eigenvalue weighted by Gasteiger charge is -2.15. The highest BCUT2D eigenvalue weighted by Gasteiger charge is 2.27. The van der Waals surface area contributed by atoms with Crippen molar-refractivity contribution in [1.29, 1.82) is 0 Å². The van der Waals surface area contributed by atoms with E-state index in [1.54, 1.807) is 24.3 Å². The summed E-state index contributed by atoms with van der Waals surface area (Å²) < 4.78 is 34.7. The molecule has 2 N–H and O–H groups in total. The van der Waals surface area contributed by atoms with Gasteiger partial charge in [0.2, 0.25) is 0 Å². The van der Waals surface area contributed by atoms with Crippen LogP contribution < -0.4 is 14.8 Å². The van der Waals surface area contributed by atoms with E-state index in [-0.39, 0.29) is 24.7 Å². The summed E-state index contributed by atoms with van der Waals surface area (Å²) in [6.07, 6.45) is 1.49. The van der Waals surface area contributed by atoms with Gasteiger partial charge in [-0.15, -0.1) is 0 Å². The smallest absolute Gasteiger partial charge is 0.153 e. The van der Waals surface area contributed by atoms with Gasteiger partial charge in [-0.2, -0.15) is 0 Å². The van der Waals surface area contributed by atoms with Crippen LogP contribution in [0.4, 0.5) is 0 Å². The predicted molar refractivity (Wildman–Crippen MR) is 98.0 cm³/mol. The Balaban J connectivity index is 1.67. The maximum absolute atomic E-state index is 11.8. The molecule has 0 aliphatic heterocycles. The van der Waals surface area contributed by atoms with Crippen LogP contribution in [0.25, 0.3) is 0 Å². The Bertz CT molecular complexity index is 611. The minimum Gasteiger partial charge on any atom is -0.493 e. The summed E-state index contributed by atoms with van der Waals surface area (Å²) in [7, 11) is -3.01. The molecule has 7 heteroatoms. The first kappa shape index (κ1) is 20.0. The van der Waals surface area contributed by atoms with Gasteiger partial charge < -0.3 is 19.9 Å². The second-order valence-corrected chi connectivity index (χ2v) is 9.13. The summed E-state index contributed by atoms with van der Waals surface area (Å²) in [5.41, 5.74) is 0. The molecule has 1 atom stereocenters. The molecule has 2 rings (SSSR count). The van der Waals surface area contributed by atoms with E-state index in [1.165, 1.54) is 0 Å². The highest BCUT2D eigenvalue weighted by molar-refractivity contribution is 7.91. The number of ether oxygens (including phenoxy) is 2. The third kappa shape index (κ3) is 8.56. The molecule has 142 valence electrons. The fourth-order valence-corrected chi connectivity index (χ4v) is 3.82. The topological polar surface area (TPSA) is 84.9 Å². The fourth-order valence-electron chi connectivity index (χ4n) is 2.27. The lowest BCUT2D eigenvalue weighted by molar-refractivity contribution is 0.104. The Morgan fingerprint density at radius 3 is 2.32 bits per heavy atom. The van der Waals surface area contributed by atoms with Crippen molar-refractivity contribution in [3.63, 3.8) is 0 Å². The average molecular weight is 371 g/mol. The maximum Gasteiger partial charge on any atom is 0.153 e. The van der Waals surface area contributed by atoms with Gasteiger partial charge in [0.25, 0.3) is 0 Å². The zero-order valence-electron chi connectivity index (χ0n) is 15.0. The van der Waals surface area contributed by atoms with Gasteiger partial charge in [0, 0.05) is 12.6 Å². The van der Waals surface area contributed by atoms with Gasteiger partial charge in [-0.25, -0.2) is 8.42 Å². The molecule has 0 radical (unpaired) electrons. The Labute approximate surface area is 150 Å². The third-order valence-electron chi connectivity index (χ3n) is 3.88. The van der Waals surface area contributed by atoms with E-state index < -0.39 is 15.9 Å². The van der Waals surface area contributed by atoms with Crippen molar-refractivity contribution in [3.05, 3.63) is 24.3 Å². The van der Waals surface area contributed by atoms with Crippen LogP contribution in [0, 0.1) is 5.92 Å². The maximum atomic E-state index is 11.8. The molecule has 1 aromatic carbocycles. The molecule has 1 aliphatic rings. The monoisotopic (exact) mass is 371 g/mol. The van der Waals surface area contributed by atoms with Crippen molar-refractivity contribution in [2.24, 2.45) is 5.92 Å². The second kappa shape index (κ2) is 9.40. The minimum atomic E-state index is -3.01. The predicted octanol–water partition coefficient (Wildman–Crippen LogP) is 1.63. The number of aliphatic hydroxyl groups excluding tert-OH is 1. The SMILES string of the molecule is CC(C)NCC(O)COc1ccc(OCCS(=O)(=O)CC2CC2)cc1. The van der Waals surface area contributed by atoms with Crippen molar-refractivity contribution in [3.8, 4) is 11.5 Å². The van der Waals surface area contributed by atoms with E-state index in [0.29, 0.717) is 30.0 Å². The van der Waals surface area contributed by atoms with Gasteiger partial charge in [-0.1, -0.05) is 13.8 Å². The molecule has 1 unspecified atom stereocenters. The summed E-state index contributed by atoms with van der Waals surface area (Å²) in [6.45, 7) is 4.88. The summed E-state index contributed by atoms with van der Waals surface area (Å²) in [6, 6.07) is 7.29. The summed E-state index contributed by atoms with van der Waals surface area (Å²) in [5, 5.41) is 12.9. The first-order valence-corrected chi connectivity index (χ1v) is 10.6. The first-order chi connectivity index (χ1) is 11.8. The number of benzene rings is 1. The standard InChI is InChI=1S/C18H29NO5S/c1-14(2)19-11-16(20)12-24-18-7-5-17(6-8-18)23-9-10-25(21,22)13-15-3-4-15/h5-8,14-16,19-20H,3-4,9-13H2,1-2H3. The lowest BCUT2D eigenvalue weighted by Crippen LogP contribution is -2.35. The Kier molecular flexibility index (Phi) is 7.53. The molecule has 1 saturated carbocycles. The summed E-state index contributed by atoms with van der Waals surface area (Å²) in [4.78, 5) is 0. The summed E-state index contributed by atoms with van der Waals surface area (Å²) >= 11 is 0. The average Bonchev–Trinajstić information content (AvgIpc) is 3.35. The Hall–Kier alpha value is -1.31. The molecule has 0 amide bonds. The molecule has 1 aliphatic carbocycles. The Morgan fingerprint density at radius 2 is 1.76 bits per heavy atom. The van der Waals surface area contributed by atoms with Gasteiger partial charge in [0.05, 0.1) is 11.5 Å². The molecular formula is C18H29NO5S. The summed E-state index contributed by atoms with van der Waals surface area (Å²) in [5.74, 6) is 1.95. The van der Waals surface area contributed by atoms with E-state index in [1.807, 2.05) is 13.8 Å². The molecule has 0 heterocycles. The van der Waals surface area contributed by atoms with Crippen molar-refractivity contribution in [1.82, 2.24) is 5.32 Å². The number of rotatable bonds is 12. The van der Waals surface area contributed by atoms with Crippen LogP contribution in [0.15, 0.2) is 24.3 Å². The van der Waals surface area contributed by atoms with E-state index >= 15 is 0 Å². The number of aliphatic hydroxyl groups is 1. The van der Waals surface area contributed by atoms with Crippen LogP contribution in [0.5, 0.6) is 11.5 Å². The van der Waals surface area contributed by atoms with Gasteiger partial charge in [0.15, 0.2) is 9.84 Å². The van der Waals surface area contributed by atoms with Crippen LogP contribution in [0.2, 0.25) is 0 Å². The van der Waals surface area contributed by atoms with Crippen molar-refractivity contribution < 1.29 is 23.0 Å². The molecule has 0 aromatic heterocycles. The number of sulfone groups is 1. The highest BCUT2D eigenvalue weighted by Crippen LogP contribution is 2.30. The van der Waals surface area contributed by atoms with Crippen LogP contribution in [-0.4, -0.2) is 56.9 Å². The molecule has 0 spiro atoms. The highest BCUT2D eigenvalue weighted by atomic mass is 32.2.